The number of esters is 2. The number of carbonyl (C=O) groups is 2. The molecule has 2 aromatic carbocycles. The van der Waals surface area contributed by atoms with Crippen LogP contribution in [0.5, 0.6) is 5.75 Å². The van der Waals surface area contributed by atoms with Crippen LogP contribution in [0.15, 0.2) is 79.6 Å². The summed E-state index contributed by atoms with van der Waals surface area (Å²) in [6, 6.07) is 14.9. The number of rotatable bonds is 6. The average molecular weight is 334 g/mol. The zero-order valence-electron chi connectivity index (χ0n) is 13.9. The van der Waals surface area contributed by atoms with Gasteiger partial charge in [0.2, 0.25) is 0 Å². The normalized spacial score (nSPS) is 10.3. The number of hydrogen-bond acceptors (Lipinski definition) is 4. The fourth-order valence-electron chi connectivity index (χ4n) is 1.93. The zero-order chi connectivity index (χ0) is 18.2. The second-order valence-corrected chi connectivity index (χ2v) is 5.26. The smallest absolute Gasteiger partial charge is 0.337 e. The highest BCUT2D eigenvalue weighted by atomic mass is 16.5. The molecule has 2 aromatic rings. The van der Waals surface area contributed by atoms with E-state index >= 15 is 0 Å². The molecule has 0 bridgehead atoms. The van der Waals surface area contributed by atoms with Crippen LogP contribution in [0.1, 0.15) is 12.5 Å². The first-order chi connectivity index (χ1) is 12.0. The second kappa shape index (κ2) is 8.45. The van der Waals surface area contributed by atoms with Crippen LogP contribution in [-0.4, -0.2) is 11.9 Å². The summed E-state index contributed by atoms with van der Waals surface area (Å²) in [6.07, 6.45) is 4.16. The van der Waals surface area contributed by atoms with E-state index in [4.69, 9.17) is 9.47 Å². The molecule has 4 heteroatoms. The molecule has 4 nitrogen and oxygen atoms in total. The second-order valence-electron chi connectivity index (χ2n) is 5.26. The molecular formula is C21H18O4. The molecule has 0 atom stereocenters. The number of benzene rings is 2. The van der Waals surface area contributed by atoms with E-state index in [2.05, 4.69) is 13.2 Å². The quantitative estimate of drug-likeness (QED) is 0.337. The molecule has 2 rings (SSSR count). The minimum absolute atomic E-state index is 0.349. The molecule has 25 heavy (non-hydrogen) atoms. The molecule has 0 N–H and O–H groups in total. The topological polar surface area (TPSA) is 52.6 Å². The Balaban J connectivity index is 2.03. The molecule has 0 fully saturated rings. The van der Waals surface area contributed by atoms with Gasteiger partial charge in [0, 0.05) is 11.6 Å². The maximum absolute atomic E-state index is 11.3. The molecule has 0 saturated carbocycles. The highest BCUT2D eigenvalue weighted by Crippen LogP contribution is 2.23. The van der Waals surface area contributed by atoms with Crippen molar-refractivity contribution in [2.75, 3.05) is 0 Å². The lowest BCUT2D eigenvalue weighted by atomic mass is 10.0. The highest BCUT2D eigenvalue weighted by Gasteiger charge is 2.02. The zero-order valence-corrected chi connectivity index (χ0v) is 13.9. The van der Waals surface area contributed by atoms with Crippen LogP contribution >= 0.6 is 0 Å². The lowest BCUT2D eigenvalue weighted by Gasteiger charge is -2.05. The highest BCUT2D eigenvalue weighted by molar-refractivity contribution is 5.87. The molecule has 0 radical (unpaired) electrons. The fourth-order valence-corrected chi connectivity index (χ4v) is 1.93. The predicted octanol–water partition coefficient (Wildman–Crippen LogP) is 4.54. The van der Waals surface area contributed by atoms with E-state index in [1.54, 1.807) is 25.1 Å². The molecule has 0 unspecified atom stereocenters. The maximum atomic E-state index is 11.3. The van der Waals surface area contributed by atoms with Crippen molar-refractivity contribution in [2.24, 2.45) is 0 Å². The lowest BCUT2D eigenvalue weighted by Crippen LogP contribution is -2.02. The third-order valence-corrected chi connectivity index (χ3v) is 3.27. The largest absolute Gasteiger partial charge is 0.431 e. The number of hydrogen-bond donors (Lipinski definition) is 0. The Kier molecular flexibility index (Phi) is 6.07. The van der Waals surface area contributed by atoms with E-state index in [0.717, 1.165) is 22.8 Å². The van der Waals surface area contributed by atoms with Crippen molar-refractivity contribution in [3.63, 3.8) is 0 Å². The fraction of sp³-hybridized carbons (Fsp3) is 0.0476. The Labute approximate surface area is 146 Å². The van der Waals surface area contributed by atoms with Gasteiger partial charge in [0.15, 0.2) is 0 Å². The third kappa shape index (κ3) is 5.32. The Hall–Kier alpha value is -3.40. The summed E-state index contributed by atoms with van der Waals surface area (Å²) in [5.41, 5.74) is 3.25. The monoisotopic (exact) mass is 334 g/mol. The van der Waals surface area contributed by atoms with Gasteiger partial charge in [-0.15, -0.1) is 0 Å². The molecular weight excluding hydrogens is 316 g/mol. The van der Waals surface area contributed by atoms with Crippen LogP contribution in [0, 0.1) is 0 Å². The van der Waals surface area contributed by atoms with Crippen molar-refractivity contribution in [3.8, 4) is 16.9 Å². The Bertz CT molecular complexity index is 812. The Morgan fingerprint density at radius 1 is 0.960 bits per heavy atom. The minimum Gasteiger partial charge on any atom is -0.431 e. The molecule has 0 aliphatic rings. The standard InChI is InChI=1S/C21H18O4/c1-4-20(22)25-19-11-9-18(10-12-19)17-7-5-16(6-8-17)13-14-24-21(23)15(2)3/h4-14H,1-2H2,3H3/b14-13+. The first kappa shape index (κ1) is 17.9. The number of carbonyl (C=O) groups excluding carboxylic acids is 2. The van der Waals surface area contributed by atoms with Crippen molar-refractivity contribution in [2.45, 2.75) is 6.92 Å². The van der Waals surface area contributed by atoms with Gasteiger partial charge in [0.1, 0.15) is 5.75 Å². The van der Waals surface area contributed by atoms with E-state index in [9.17, 15) is 9.59 Å². The van der Waals surface area contributed by atoms with Gasteiger partial charge in [0.25, 0.3) is 0 Å². The van der Waals surface area contributed by atoms with E-state index < -0.39 is 11.9 Å². The van der Waals surface area contributed by atoms with Crippen molar-refractivity contribution >= 4 is 18.0 Å². The molecule has 0 heterocycles. The van der Waals surface area contributed by atoms with E-state index in [1.807, 2.05) is 36.4 Å². The van der Waals surface area contributed by atoms with Crippen LogP contribution in [0.3, 0.4) is 0 Å². The van der Waals surface area contributed by atoms with Gasteiger partial charge in [0.05, 0.1) is 6.26 Å². The SMILES string of the molecule is C=CC(=O)Oc1ccc(-c2ccc(/C=C/OC(=O)C(=C)C)cc2)cc1. The molecule has 0 aliphatic heterocycles. The number of ether oxygens (including phenoxy) is 2. The van der Waals surface area contributed by atoms with Gasteiger partial charge in [-0.1, -0.05) is 49.6 Å². The predicted molar refractivity (Wildman–Crippen MR) is 97.7 cm³/mol. The van der Waals surface area contributed by atoms with Crippen LogP contribution in [-0.2, 0) is 14.3 Å². The summed E-state index contributed by atoms with van der Waals surface area (Å²) in [5.74, 6) is -0.478. The molecule has 0 spiro atoms. The summed E-state index contributed by atoms with van der Waals surface area (Å²) >= 11 is 0. The van der Waals surface area contributed by atoms with Crippen molar-refractivity contribution in [1.29, 1.82) is 0 Å². The summed E-state index contributed by atoms with van der Waals surface area (Å²) in [5, 5.41) is 0. The Morgan fingerprint density at radius 3 is 2.04 bits per heavy atom. The van der Waals surface area contributed by atoms with Crippen LogP contribution < -0.4 is 4.74 Å². The van der Waals surface area contributed by atoms with Crippen LogP contribution in [0.2, 0.25) is 0 Å². The first-order valence-electron chi connectivity index (χ1n) is 7.57. The molecule has 0 saturated heterocycles. The van der Waals surface area contributed by atoms with E-state index in [-0.39, 0.29) is 0 Å². The van der Waals surface area contributed by atoms with Gasteiger partial charge in [-0.25, -0.2) is 9.59 Å². The van der Waals surface area contributed by atoms with Gasteiger partial charge in [-0.3, -0.25) is 0 Å². The summed E-state index contributed by atoms with van der Waals surface area (Å²) in [4.78, 5) is 22.4. The average Bonchev–Trinajstić information content (AvgIpc) is 2.62. The van der Waals surface area contributed by atoms with Crippen molar-refractivity contribution in [1.82, 2.24) is 0 Å². The Morgan fingerprint density at radius 2 is 1.52 bits per heavy atom. The third-order valence-electron chi connectivity index (χ3n) is 3.27. The lowest BCUT2D eigenvalue weighted by molar-refractivity contribution is -0.133. The van der Waals surface area contributed by atoms with Crippen molar-refractivity contribution < 1.29 is 19.1 Å². The minimum atomic E-state index is -0.490. The van der Waals surface area contributed by atoms with Gasteiger partial charge >= 0.3 is 11.9 Å². The summed E-state index contributed by atoms with van der Waals surface area (Å²) in [6.45, 7) is 8.46. The molecule has 0 amide bonds. The van der Waals surface area contributed by atoms with E-state index in [0.29, 0.717) is 11.3 Å². The molecule has 0 aromatic heterocycles. The molecule has 0 aliphatic carbocycles. The van der Waals surface area contributed by atoms with E-state index in [1.165, 1.54) is 6.26 Å². The van der Waals surface area contributed by atoms with Crippen LogP contribution in [0.25, 0.3) is 17.2 Å². The summed E-state index contributed by atoms with van der Waals surface area (Å²) in [7, 11) is 0. The maximum Gasteiger partial charge on any atom is 0.337 e. The van der Waals surface area contributed by atoms with Crippen molar-refractivity contribution in [3.05, 3.63) is 85.2 Å². The van der Waals surface area contributed by atoms with Gasteiger partial charge < -0.3 is 9.47 Å². The van der Waals surface area contributed by atoms with Crippen LogP contribution in [0.4, 0.5) is 0 Å². The summed E-state index contributed by atoms with van der Waals surface area (Å²) < 4.78 is 9.95. The van der Waals surface area contributed by atoms with Gasteiger partial charge in [-0.2, -0.15) is 0 Å². The first-order valence-corrected chi connectivity index (χ1v) is 7.57. The molecule has 126 valence electrons. The van der Waals surface area contributed by atoms with Gasteiger partial charge in [-0.05, 0) is 41.8 Å².